The zero-order valence-electron chi connectivity index (χ0n) is 14.8. The fourth-order valence-corrected chi connectivity index (χ4v) is 2.85. The molecule has 0 bridgehead atoms. The van der Waals surface area contributed by atoms with Gasteiger partial charge in [-0.25, -0.2) is 0 Å². The molecule has 0 unspecified atom stereocenters. The predicted molar refractivity (Wildman–Crippen MR) is 97.4 cm³/mol. The summed E-state index contributed by atoms with van der Waals surface area (Å²) in [6.45, 7) is 8.96. The summed E-state index contributed by atoms with van der Waals surface area (Å²) in [5.74, 6) is 0.201. The number of hydrogen-bond acceptors (Lipinski definition) is 4. The van der Waals surface area contributed by atoms with Gasteiger partial charge in [-0.05, 0) is 50.1 Å². The maximum absolute atomic E-state index is 12.3. The Morgan fingerprint density at radius 1 is 1.44 bits per heavy atom. The lowest BCUT2D eigenvalue weighted by Gasteiger charge is -2.31. The van der Waals surface area contributed by atoms with Crippen molar-refractivity contribution in [1.29, 1.82) is 0 Å². The molecule has 25 heavy (non-hydrogen) atoms. The fourth-order valence-electron chi connectivity index (χ4n) is 2.85. The molecule has 1 atom stereocenters. The highest BCUT2D eigenvalue weighted by Crippen LogP contribution is 2.16. The van der Waals surface area contributed by atoms with Crippen molar-refractivity contribution in [3.8, 4) is 5.75 Å². The van der Waals surface area contributed by atoms with Gasteiger partial charge in [-0.1, -0.05) is 12.6 Å². The zero-order valence-corrected chi connectivity index (χ0v) is 14.8. The largest absolute Gasteiger partial charge is 0.489 e. The van der Waals surface area contributed by atoms with Gasteiger partial charge in [0.15, 0.2) is 0 Å². The highest BCUT2D eigenvalue weighted by molar-refractivity contribution is 5.94. The summed E-state index contributed by atoms with van der Waals surface area (Å²) >= 11 is 0. The number of nitrogens with two attached hydrogens (primary N) is 1. The van der Waals surface area contributed by atoms with Crippen molar-refractivity contribution in [1.82, 2.24) is 10.2 Å². The van der Waals surface area contributed by atoms with Crippen LogP contribution in [0.5, 0.6) is 5.75 Å². The Morgan fingerprint density at radius 3 is 2.96 bits per heavy atom. The number of likely N-dealkylation sites (tertiary alicyclic amines) is 1. The average Bonchev–Trinajstić information content (AvgIpc) is 2.60. The number of nitrogens with one attached hydrogen (secondary N) is 1. The fraction of sp³-hybridized carbons (Fsp3) is 0.474. The summed E-state index contributed by atoms with van der Waals surface area (Å²) in [6.07, 6.45) is 1.82. The van der Waals surface area contributed by atoms with Crippen LogP contribution in [0.1, 0.15) is 30.1 Å². The van der Waals surface area contributed by atoms with Crippen LogP contribution < -0.4 is 15.8 Å². The Morgan fingerprint density at radius 2 is 2.24 bits per heavy atom. The number of nitrogens with zero attached hydrogens (tertiary/aromatic N) is 1. The van der Waals surface area contributed by atoms with Crippen LogP contribution in [-0.4, -0.2) is 49.5 Å². The first-order valence-electron chi connectivity index (χ1n) is 8.63. The van der Waals surface area contributed by atoms with Crippen molar-refractivity contribution in [2.75, 3.05) is 32.8 Å². The standard InChI is InChI=1S/C19H27N3O3/c1-14(2)13-25-17-7-3-5-15(11-17)19(24)21-8-10-22-9-4-6-16(12-22)18(20)23/h3,5,7,11,16H,1,4,6,8-10,12-13H2,2H3,(H2,20,23)(H,21,24)/t16-/m1/s1. The first kappa shape index (κ1) is 19.0. The molecule has 6 heteroatoms. The third-order valence-corrected chi connectivity index (χ3v) is 4.20. The van der Waals surface area contributed by atoms with Gasteiger partial charge in [-0.15, -0.1) is 0 Å². The number of primary amides is 1. The van der Waals surface area contributed by atoms with Gasteiger partial charge in [0.25, 0.3) is 5.91 Å². The van der Waals surface area contributed by atoms with E-state index in [9.17, 15) is 9.59 Å². The average molecular weight is 345 g/mol. The Kier molecular flexibility index (Phi) is 7.01. The molecule has 1 aliphatic heterocycles. The minimum atomic E-state index is -0.236. The molecule has 1 fully saturated rings. The molecule has 1 heterocycles. The summed E-state index contributed by atoms with van der Waals surface area (Å²) in [6, 6.07) is 7.09. The number of hydrogen-bond donors (Lipinski definition) is 2. The summed E-state index contributed by atoms with van der Waals surface area (Å²) in [5, 5.41) is 2.91. The lowest BCUT2D eigenvalue weighted by atomic mass is 9.97. The molecule has 6 nitrogen and oxygen atoms in total. The Labute approximate surface area is 149 Å². The van der Waals surface area contributed by atoms with E-state index in [0.29, 0.717) is 37.6 Å². The maximum atomic E-state index is 12.3. The van der Waals surface area contributed by atoms with Crippen LogP contribution in [0, 0.1) is 5.92 Å². The van der Waals surface area contributed by atoms with Crippen LogP contribution in [-0.2, 0) is 4.79 Å². The van der Waals surface area contributed by atoms with Gasteiger partial charge < -0.3 is 20.7 Å². The highest BCUT2D eigenvalue weighted by Gasteiger charge is 2.23. The van der Waals surface area contributed by atoms with E-state index in [4.69, 9.17) is 10.5 Å². The maximum Gasteiger partial charge on any atom is 0.251 e. The first-order chi connectivity index (χ1) is 12.0. The third-order valence-electron chi connectivity index (χ3n) is 4.20. The van der Waals surface area contributed by atoms with Crippen LogP contribution in [0.3, 0.4) is 0 Å². The van der Waals surface area contributed by atoms with Gasteiger partial charge in [0, 0.05) is 25.2 Å². The number of rotatable bonds is 8. The molecule has 1 aliphatic rings. The Balaban J connectivity index is 1.79. The van der Waals surface area contributed by atoms with Crippen molar-refractivity contribution in [2.45, 2.75) is 19.8 Å². The van der Waals surface area contributed by atoms with Crippen LogP contribution in [0.2, 0.25) is 0 Å². The van der Waals surface area contributed by atoms with E-state index < -0.39 is 0 Å². The van der Waals surface area contributed by atoms with E-state index >= 15 is 0 Å². The second-order valence-corrected chi connectivity index (χ2v) is 6.57. The molecule has 1 aromatic carbocycles. The molecule has 0 saturated carbocycles. The van der Waals surface area contributed by atoms with Crippen molar-refractivity contribution >= 4 is 11.8 Å². The molecule has 1 saturated heterocycles. The minimum Gasteiger partial charge on any atom is -0.489 e. The minimum absolute atomic E-state index is 0.0772. The van der Waals surface area contributed by atoms with E-state index in [-0.39, 0.29) is 17.7 Å². The molecule has 0 spiro atoms. The Hall–Kier alpha value is -2.34. The normalized spacial score (nSPS) is 17.7. The summed E-state index contributed by atoms with van der Waals surface area (Å²) in [7, 11) is 0. The van der Waals surface area contributed by atoms with Gasteiger partial charge in [0.05, 0.1) is 5.92 Å². The van der Waals surface area contributed by atoms with Crippen LogP contribution >= 0.6 is 0 Å². The van der Waals surface area contributed by atoms with E-state index in [2.05, 4.69) is 16.8 Å². The van der Waals surface area contributed by atoms with E-state index in [0.717, 1.165) is 25.0 Å². The molecule has 0 radical (unpaired) electrons. The summed E-state index contributed by atoms with van der Waals surface area (Å²) in [4.78, 5) is 25.7. The van der Waals surface area contributed by atoms with Gasteiger partial charge in [0.2, 0.25) is 5.91 Å². The third kappa shape index (κ3) is 6.23. The molecular formula is C19H27N3O3. The number of carbonyl (C=O) groups excluding carboxylic acids is 2. The number of amides is 2. The topological polar surface area (TPSA) is 84.7 Å². The van der Waals surface area contributed by atoms with Gasteiger partial charge >= 0.3 is 0 Å². The van der Waals surface area contributed by atoms with E-state index in [1.807, 2.05) is 13.0 Å². The lowest BCUT2D eigenvalue weighted by Crippen LogP contribution is -2.44. The van der Waals surface area contributed by atoms with Crippen LogP contribution in [0.4, 0.5) is 0 Å². The SMILES string of the molecule is C=C(C)COc1cccc(C(=O)NCCN2CCC[C@@H](C(N)=O)C2)c1. The van der Waals surface area contributed by atoms with Crippen molar-refractivity contribution in [3.05, 3.63) is 42.0 Å². The van der Waals surface area contributed by atoms with E-state index in [1.165, 1.54) is 0 Å². The number of benzene rings is 1. The monoisotopic (exact) mass is 345 g/mol. The number of piperidine rings is 1. The molecule has 3 N–H and O–H groups in total. The lowest BCUT2D eigenvalue weighted by molar-refractivity contribution is -0.123. The molecular weight excluding hydrogens is 318 g/mol. The Bertz CT molecular complexity index is 630. The predicted octanol–water partition coefficient (Wildman–Crippen LogP) is 1.57. The summed E-state index contributed by atoms with van der Waals surface area (Å²) in [5.41, 5.74) is 6.87. The molecule has 0 aliphatic carbocycles. The molecule has 2 rings (SSSR count). The molecule has 0 aromatic heterocycles. The van der Waals surface area contributed by atoms with Crippen LogP contribution in [0.15, 0.2) is 36.4 Å². The van der Waals surface area contributed by atoms with Gasteiger partial charge in [-0.2, -0.15) is 0 Å². The smallest absolute Gasteiger partial charge is 0.251 e. The van der Waals surface area contributed by atoms with E-state index in [1.54, 1.807) is 18.2 Å². The highest BCUT2D eigenvalue weighted by atomic mass is 16.5. The zero-order chi connectivity index (χ0) is 18.2. The molecule has 136 valence electrons. The molecule has 1 aromatic rings. The van der Waals surface area contributed by atoms with Gasteiger partial charge in [0.1, 0.15) is 12.4 Å². The second-order valence-electron chi connectivity index (χ2n) is 6.57. The van der Waals surface area contributed by atoms with Crippen molar-refractivity contribution < 1.29 is 14.3 Å². The van der Waals surface area contributed by atoms with Gasteiger partial charge in [-0.3, -0.25) is 9.59 Å². The first-order valence-corrected chi connectivity index (χ1v) is 8.63. The quantitative estimate of drug-likeness (QED) is 0.701. The number of ether oxygens (including phenoxy) is 1. The summed E-state index contributed by atoms with van der Waals surface area (Å²) < 4.78 is 5.56. The second kappa shape index (κ2) is 9.22. The van der Waals surface area contributed by atoms with Crippen molar-refractivity contribution in [3.63, 3.8) is 0 Å². The van der Waals surface area contributed by atoms with Crippen molar-refractivity contribution in [2.24, 2.45) is 11.7 Å². The molecule has 2 amide bonds. The van der Waals surface area contributed by atoms with Crippen LogP contribution in [0.25, 0.3) is 0 Å². The number of carbonyl (C=O) groups is 2.